The third-order valence-electron chi connectivity index (χ3n) is 6.94. The molecular formula is C31H29FN4O3. The molecule has 0 aliphatic carbocycles. The van der Waals surface area contributed by atoms with Gasteiger partial charge in [0.15, 0.2) is 5.78 Å². The zero-order chi connectivity index (χ0) is 27.5. The number of halogens is 1. The lowest BCUT2D eigenvalue weighted by Gasteiger charge is -2.30. The van der Waals surface area contributed by atoms with Crippen LogP contribution in [-0.4, -0.2) is 48.8 Å². The first kappa shape index (κ1) is 26.1. The topological polar surface area (TPSA) is 98.4 Å². The van der Waals surface area contributed by atoms with E-state index in [-0.39, 0.29) is 30.0 Å². The highest BCUT2D eigenvalue weighted by Gasteiger charge is 2.25. The van der Waals surface area contributed by atoms with Crippen molar-refractivity contribution in [3.63, 3.8) is 0 Å². The summed E-state index contributed by atoms with van der Waals surface area (Å²) in [6.45, 7) is 5.86. The Morgan fingerprint density at radius 1 is 1.13 bits per heavy atom. The molecule has 1 aromatic heterocycles. The molecule has 2 N–H and O–H groups in total. The molecule has 39 heavy (non-hydrogen) atoms. The SMILES string of the molecule is CCNc1cc2oc(-c3ccc(F)cc3)c(C(=O)CC)c2cc1-c1cccc(C(=O)N2CCNC(C#N)C2)c1. The highest BCUT2D eigenvalue weighted by atomic mass is 19.1. The summed E-state index contributed by atoms with van der Waals surface area (Å²) in [4.78, 5) is 28.2. The highest BCUT2D eigenvalue weighted by molar-refractivity contribution is 6.13. The van der Waals surface area contributed by atoms with E-state index < -0.39 is 0 Å². The average Bonchev–Trinajstić information content (AvgIpc) is 3.35. The van der Waals surface area contributed by atoms with E-state index >= 15 is 0 Å². The van der Waals surface area contributed by atoms with Crippen LogP contribution in [0.3, 0.4) is 0 Å². The molecular weight excluding hydrogens is 495 g/mol. The number of Topliss-reactive ketones (excluding diaryl/α,β-unsaturated/α-hetero) is 1. The van der Waals surface area contributed by atoms with E-state index in [0.29, 0.717) is 59.6 Å². The lowest BCUT2D eigenvalue weighted by molar-refractivity contribution is 0.0719. The van der Waals surface area contributed by atoms with Gasteiger partial charge in [-0.3, -0.25) is 14.9 Å². The van der Waals surface area contributed by atoms with Crippen LogP contribution in [0.4, 0.5) is 10.1 Å². The summed E-state index contributed by atoms with van der Waals surface area (Å²) in [5, 5.41) is 16.4. The maximum Gasteiger partial charge on any atom is 0.254 e. The number of anilines is 1. The van der Waals surface area contributed by atoms with Crippen LogP contribution in [0.25, 0.3) is 33.4 Å². The normalized spacial score (nSPS) is 15.2. The standard InChI is InChI=1S/C31H29FN4O3/c1-3-27(37)29-25-15-24(20-6-5-7-21(14-20)31(38)36-13-12-35-23(17-33)18-36)26(34-4-2)16-28(25)39-30(29)19-8-10-22(32)11-9-19/h5-11,14-16,23,34-35H,3-4,12-13,18H2,1-2H3. The molecule has 8 heteroatoms. The second-order valence-electron chi connectivity index (χ2n) is 9.48. The van der Waals surface area contributed by atoms with Crippen LogP contribution in [0.1, 0.15) is 41.0 Å². The van der Waals surface area contributed by atoms with Gasteiger partial charge < -0.3 is 14.6 Å². The Hall–Kier alpha value is -4.48. The number of carbonyl (C=O) groups excluding carboxylic acids is 2. The fourth-order valence-electron chi connectivity index (χ4n) is 5.00. The van der Waals surface area contributed by atoms with Crippen LogP contribution in [0.2, 0.25) is 0 Å². The number of rotatable bonds is 7. The van der Waals surface area contributed by atoms with Gasteiger partial charge in [-0.05, 0) is 55.0 Å². The molecule has 1 saturated heterocycles. The maximum atomic E-state index is 13.6. The van der Waals surface area contributed by atoms with Crippen molar-refractivity contribution in [2.75, 3.05) is 31.5 Å². The van der Waals surface area contributed by atoms with Crippen molar-refractivity contribution in [2.45, 2.75) is 26.3 Å². The van der Waals surface area contributed by atoms with Crippen LogP contribution in [-0.2, 0) is 0 Å². The van der Waals surface area contributed by atoms with Crippen LogP contribution in [0.15, 0.2) is 65.1 Å². The molecule has 1 amide bonds. The van der Waals surface area contributed by atoms with Crippen molar-refractivity contribution in [3.8, 4) is 28.5 Å². The van der Waals surface area contributed by atoms with E-state index in [2.05, 4.69) is 16.7 Å². The van der Waals surface area contributed by atoms with Gasteiger partial charge in [0, 0.05) is 66.4 Å². The number of amides is 1. The molecule has 3 aromatic carbocycles. The quantitative estimate of drug-likeness (QED) is 0.294. The van der Waals surface area contributed by atoms with E-state index in [4.69, 9.17) is 4.42 Å². The summed E-state index contributed by atoms with van der Waals surface area (Å²) in [7, 11) is 0. The van der Waals surface area contributed by atoms with Crippen molar-refractivity contribution in [1.29, 1.82) is 5.26 Å². The largest absolute Gasteiger partial charge is 0.455 e. The Bertz CT molecular complexity index is 1590. The molecule has 0 radical (unpaired) electrons. The zero-order valence-corrected chi connectivity index (χ0v) is 21.9. The third-order valence-corrected chi connectivity index (χ3v) is 6.94. The monoisotopic (exact) mass is 524 g/mol. The Kier molecular flexibility index (Phi) is 7.44. The first-order valence-corrected chi connectivity index (χ1v) is 13.1. The van der Waals surface area contributed by atoms with Crippen molar-refractivity contribution in [3.05, 3.63) is 77.6 Å². The number of fused-ring (bicyclic) bond motifs is 1. The van der Waals surface area contributed by atoms with Crippen LogP contribution in [0.5, 0.6) is 0 Å². The third kappa shape index (κ3) is 5.14. The van der Waals surface area contributed by atoms with Crippen LogP contribution >= 0.6 is 0 Å². The minimum atomic E-state index is -0.389. The molecule has 5 rings (SSSR count). The average molecular weight is 525 g/mol. The Morgan fingerprint density at radius 2 is 1.92 bits per heavy atom. The molecule has 7 nitrogen and oxygen atoms in total. The summed E-state index contributed by atoms with van der Waals surface area (Å²) >= 11 is 0. The highest BCUT2D eigenvalue weighted by Crippen LogP contribution is 2.40. The van der Waals surface area contributed by atoms with Gasteiger partial charge in [0.25, 0.3) is 5.91 Å². The lowest BCUT2D eigenvalue weighted by atomic mass is 9.95. The molecule has 2 heterocycles. The molecule has 1 unspecified atom stereocenters. The van der Waals surface area contributed by atoms with E-state index in [1.807, 2.05) is 37.3 Å². The fourth-order valence-corrected chi connectivity index (χ4v) is 5.00. The molecule has 1 fully saturated rings. The summed E-state index contributed by atoms with van der Waals surface area (Å²) < 4.78 is 19.8. The molecule has 4 aromatic rings. The van der Waals surface area contributed by atoms with Gasteiger partial charge in [-0.1, -0.05) is 19.1 Å². The van der Waals surface area contributed by atoms with Crippen molar-refractivity contribution >= 4 is 28.3 Å². The second kappa shape index (κ2) is 11.1. The van der Waals surface area contributed by atoms with Gasteiger partial charge in [0.1, 0.15) is 23.2 Å². The Balaban J connectivity index is 1.63. The molecule has 1 atom stereocenters. The van der Waals surface area contributed by atoms with E-state index in [1.165, 1.54) is 12.1 Å². The number of benzene rings is 3. The minimum absolute atomic E-state index is 0.0788. The summed E-state index contributed by atoms with van der Waals surface area (Å²) in [6.07, 6.45) is 0.283. The first-order chi connectivity index (χ1) is 18.9. The second-order valence-corrected chi connectivity index (χ2v) is 9.48. The number of hydrogen-bond acceptors (Lipinski definition) is 6. The minimum Gasteiger partial charge on any atom is -0.455 e. The van der Waals surface area contributed by atoms with E-state index in [9.17, 15) is 19.2 Å². The van der Waals surface area contributed by atoms with Gasteiger partial charge in [0.05, 0.1) is 11.6 Å². The van der Waals surface area contributed by atoms with Gasteiger partial charge in [0.2, 0.25) is 0 Å². The number of nitrogens with zero attached hydrogens (tertiary/aromatic N) is 2. The molecule has 198 valence electrons. The summed E-state index contributed by atoms with van der Waals surface area (Å²) in [6, 6.07) is 18.9. The number of hydrogen-bond donors (Lipinski definition) is 2. The van der Waals surface area contributed by atoms with Gasteiger partial charge >= 0.3 is 0 Å². The predicted octanol–water partition coefficient (Wildman–Crippen LogP) is 5.87. The number of furan rings is 1. The molecule has 1 aliphatic rings. The number of carbonyl (C=O) groups is 2. The lowest BCUT2D eigenvalue weighted by Crippen LogP contribution is -2.52. The predicted molar refractivity (Wildman–Crippen MR) is 149 cm³/mol. The Morgan fingerprint density at radius 3 is 2.64 bits per heavy atom. The zero-order valence-electron chi connectivity index (χ0n) is 21.9. The number of nitriles is 1. The summed E-state index contributed by atoms with van der Waals surface area (Å²) in [5.41, 5.74) is 4.58. The number of ketones is 1. The van der Waals surface area contributed by atoms with Gasteiger partial charge in [-0.2, -0.15) is 5.26 Å². The number of nitrogens with one attached hydrogen (secondary N) is 2. The smallest absolute Gasteiger partial charge is 0.254 e. The van der Waals surface area contributed by atoms with Crippen LogP contribution < -0.4 is 10.6 Å². The van der Waals surface area contributed by atoms with Gasteiger partial charge in [-0.15, -0.1) is 0 Å². The van der Waals surface area contributed by atoms with Gasteiger partial charge in [-0.25, -0.2) is 4.39 Å². The molecule has 1 aliphatic heterocycles. The fraction of sp³-hybridized carbons (Fsp3) is 0.258. The molecule has 0 bridgehead atoms. The Labute approximate surface area is 226 Å². The molecule has 0 saturated carbocycles. The van der Waals surface area contributed by atoms with E-state index in [0.717, 1.165) is 16.8 Å². The first-order valence-electron chi connectivity index (χ1n) is 13.1. The number of piperazine rings is 1. The summed E-state index contributed by atoms with van der Waals surface area (Å²) in [5.74, 6) is -0.169. The van der Waals surface area contributed by atoms with Crippen molar-refractivity contribution < 1.29 is 18.4 Å². The maximum absolute atomic E-state index is 13.6. The van der Waals surface area contributed by atoms with Crippen molar-refractivity contribution in [2.24, 2.45) is 0 Å². The van der Waals surface area contributed by atoms with Crippen molar-refractivity contribution in [1.82, 2.24) is 10.2 Å². The van der Waals surface area contributed by atoms with E-state index in [1.54, 1.807) is 30.0 Å². The van der Waals surface area contributed by atoms with Crippen LogP contribution in [0, 0.1) is 17.1 Å². The molecule has 0 spiro atoms.